The Kier molecular flexibility index (Phi) is 5.43. The van der Waals surface area contributed by atoms with Crippen LogP contribution in [0.1, 0.15) is 33.0 Å². The predicted octanol–water partition coefficient (Wildman–Crippen LogP) is 1.48. The molecule has 1 aromatic heterocycles. The average molecular weight is 316 g/mol. The third-order valence-electron chi connectivity index (χ3n) is 3.66. The fraction of sp³-hybridized carbons (Fsp3) is 0.714. The first-order valence-corrected chi connectivity index (χ1v) is 8.80. The molecule has 2 unspecified atom stereocenters. The van der Waals surface area contributed by atoms with Crippen LogP contribution in [0.15, 0.2) is 21.6 Å². The lowest BCUT2D eigenvalue weighted by Crippen LogP contribution is -2.31. The molecule has 0 aromatic carbocycles. The van der Waals surface area contributed by atoms with Gasteiger partial charge in [-0.05, 0) is 25.5 Å². The molecule has 0 spiro atoms. The van der Waals surface area contributed by atoms with Crippen molar-refractivity contribution >= 4 is 10.0 Å². The third kappa shape index (κ3) is 4.54. The number of hydrogen-bond acceptors (Lipinski definition) is 5. The van der Waals surface area contributed by atoms with Crippen LogP contribution in [-0.2, 0) is 21.3 Å². The summed E-state index contributed by atoms with van der Waals surface area (Å²) in [4.78, 5) is 0. The summed E-state index contributed by atoms with van der Waals surface area (Å²) in [5, 5.41) is 3.15. The summed E-state index contributed by atoms with van der Waals surface area (Å²) in [6.07, 6.45) is 0.973. The van der Waals surface area contributed by atoms with E-state index in [9.17, 15) is 8.42 Å². The van der Waals surface area contributed by atoms with Gasteiger partial charge in [0.1, 0.15) is 5.76 Å². The van der Waals surface area contributed by atoms with Gasteiger partial charge in [-0.3, -0.25) is 0 Å². The fourth-order valence-electron chi connectivity index (χ4n) is 2.23. The van der Waals surface area contributed by atoms with Crippen LogP contribution in [0.3, 0.4) is 0 Å². The predicted molar refractivity (Wildman–Crippen MR) is 79.4 cm³/mol. The molecule has 0 amide bonds. The van der Waals surface area contributed by atoms with Crippen molar-refractivity contribution in [2.24, 2.45) is 5.92 Å². The number of ether oxygens (including phenoxy) is 1. The molecular weight excluding hydrogens is 292 g/mol. The van der Waals surface area contributed by atoms with Crippen LogP contribution >= 0.6 is 0 Å². The van der Waals surface area contributed by atoms with E-state index in [1.807, 2.05) is 20.8 Å². The molecular formula is C14H24N2O4S. The quantitative estimate of drug-likeness (QED) is 0.796. The molecule has 0 aliphatic carbocycles. The van der Waals surface area contributed by atoms with Gasteiger partial charge >= 0.3 is 0 Å². The van der Waals surface area contributed by atoms with Crippen molar-refractivity contribution < 1.29 is 17.6 Å². The van der Waals surface area contributed by atoms with Crippen LogP contribution in [0.5, 0.6) is 0 Å². The lowest BCUT2D eigenvalue weighted by atomic mass is 10.0. The fourth-order valence-corrected chi connectivity index (χ4v) is 3.27. The van der Waals surface area contributed by atoms with Gasteiger partial charge in [-0.2, -0.15) is 0 Å². The Morgan fingerprint density at radius 1 is 1.38 bits per heavy atom. The first-order chi connectivity index (χ1) is 9.88. The van der Waals surface area contributed by atoms with Gasteiger partial charge in [-0.25, -0.2) is 13.1 Å². The van der Waals surface area contributed by atoms with Gasteiger partial charge in [0, 0.05) is 25.1 Å². The molecule has 0 radical (unpaired) electrons. The number of rotatable bonds is 7. The molecule has 2 N–H and O–H groups in total. The van der Waals surface area contributed by atoms with Gasteiger partial charge < -0.3 is 14.5 Å². The van der Waals surface area contributed by atoms with Crippen molar-refractivity contribution in [1.82, 2.24) is 10.0 Å². The Balaban J connectivity index is 1.92. The van der Waals surface area contributed by atoms with Crippen LogP contribution < -0.4 is 10.0 Å². The molecule has 1 aromatic rings. The van der Waals surface area contributed by atoms with Gasteiger partial charge in [-0.1, -0.05) is 13.8 Å². The van der Waals surface area contributed by atoms with Crippen molar-refractivity contribution in [3.63, 3.8) is 0 Å². The molecule has 120 valence electrons. The van der Waals surface area contributed by atoms with Gasteiger partial charge in [0.2, 0.25) is 5.09 Å². The maximum absolute atomic E-state index is 12.2. The number of nitrogens with one attached hydrogen (secondary N) is 2. The van der Waals surface area contributed by atoms with Crippen molar-refractivity contribution in [3.8, 4) is 0 Å². The maximum atomic E-state index is 12.2. The SMILES string of the molecule is CC(C)NCc1ccc(S(=O)(=O)NCC2CCOC2C)o1. The van der Waals surface area contributed by atoms with E-state index < -0.39 is 10.0 Å². The van der Waals surface area contributed by atoms with Crippen molar-refractivity contribution in [2.45, 2.75) is 51.0 Å². The molecule has 0 bridgehead atoms. The molecule has 21 heavy (non-hydrogen) atoms. The molecule has 7 heteroatoms. The van der Waals surface area contributed by atoms with E-state index in [4.69, 9.17) is 9.15 Å². The van der Waals surface area contributed by atoms with Crippen molar-refractivity contribution in [1.29, 1.82) is 0 Å². The number of sulfonamides is 1. The Hall–Kier alpha value is -0.890. The molecule has 0 saturated carbocycles. The van der Waals surface area contributed by atoms with E-state index in [0.29, 0.717) is 31.5 Å². The molecule has 2 rings (SSSR count). The summed E-state index contributed by atoms with van der Waals surface area (Å²) >= 11 is 0. The number of hydrogen-bond donors (Lipinski definition) is 2. The zero-order valence-corrected chi connectivity index (χ0v) is 13.6. The number of furan rings is 1. The first kappa shape index (κ1) is 16.5. The zero-order valence-electron chi connectivity index (χ0n) is 12.8. The Bertz CT molecular complexity index is 553. The van der Waals surface area contributed by atoms with E-state index in [-0.39, 0.29) is 17.1 Å². The molecule has 1 saturated heterocycles. The monoisotopic (exact) mass is 316 g/mol. The van der Waals surface area contributed by atoms with Crippen molar-refractivity contribution in [2.75, 3.05) is 13.2 Å². The molecule has 6 nitrogen and oxygen atoms in total. The standard InChI is InChI=1S/C14H24N2O4S/c1-10(2)15-9-13-4-5-14(20-13)21(17,18)16-8-12-6-7-19-11(12)3/h4-5,10-12,15-16H,6-9H2,1-3H3. The molecule has 2 heterocycles. The minimum Gasteiger partial charge on any atom is -0.447 e. The second kappa shape index (κ2) is 6.91. The zero-order chi connectivity index (χ0) is 15.5. The van der Waals surface area contributed by atoms with E-state index in [1.54, 1.807) is 6.07 Å². The Morgan fingerprint density at radius 3 is 2.76 bits per heavy atom. The molecule has 1 aliphatic rings. The topological polar surface area (TPSA) is 80.6 Å². The lowest BCUT2D eigenvalue weighted by molar-refractivity contribution is 0.107. The summed E-state index contributed by atoms with van der Waals surface area (Å²) < 4.78 is 37.8. The van der Waals surface area contributed by atoms with E-state index in [2.05, 4.69) is 10.0 Å². The van der Waals surface area contributed by atoms with Crippen LogP contribution in [0.25, 0.3) is 0 Å². The van der Waals surface area contributed by atoms with Crippen molar-refractivity contribution in [3.05, 3.63) is 17.9 Å². The highest BCUT2D eigenvalue weighted by atomic mass is 32.2. The highest BCUT2D eigenvalue weighted by molar-refractivity contribution is 7.89. The largest absolute Gasteiger partial charge is 0.447 e. The summed E-state index contributed by atoms with van der Waals surface area (Å²) in [6.45, 7) is 7.60. The van der Waals surface area contributed by atoms with E-state index in [1.165, 1.54) is 6.07 Å². The second-order valence-electron chi connectivity index (χ2n) is 5.73. The highest BCUT2D eigenvalue weighted by Gasteiger charge is 2.27. The summed E-state index contributed by atoms with van der Waals surface area (Å²) in [7, 11) is -3.59. The lowest BCUT2D eigenvalue weighted by Gasteiger charge is -2.14. The molecule has 1 aliphatic heterocycles. The molecule has 2 atom stereocenters. The van der Waals surface area contributed by atoms with E-state index in [0.717, 1.165) is 6.42 Å². The van der Waals surface area contributed by atoms with Crippen LogP contribution in [0, 0.1) is 5.92 Å². The van der Waals surface area contributed by atoms with Gasteiger partial charge in [-0.15, -0.1) is 0 Å². The average Bonchev–Trinajstić information content (AvgIpc) is 3.03. The second-order valence-corrected chi connectivity index (χ2v) is 7.43. The van der Waals surface area contributed by atoms with Gasteiger partial charge in [0.25, 0.3) is 10.0 Å². The summed E-state index contributed by atoms with van der Waals surface area (Å²) in [5.41, 5.74) is 0. The van der Waals surface area contributed by atoms with Gasteiger partial charge in [0.05, 0.1) is 12.6 Å². The maximum Gasteiger partial charge on any atom is 0.273 e. The first-order valence-electron chi connectivity index (χ1n) is 7.32. The molecule has 1 fully saturated rings. The Labute approximate surface area is 126 Å². The third-order valence-corrected chi connectivity index (χ3v) is 4.95. The highest BCUT2D eigenvalue weighted by Crippen LogP contribution is 2.20. The summed E-state index contributed by atoms with van der Waals surface area (Å²) in [6, 6.07) is 3.50. The van der Waals surface area contributed by atoms with Crippen LogP contribution in [0.2, 0.25) is 0 Å². The minimum absolute atomic E-state index is 0.0328. The van der Waals surface area contributed by atoms with E-state index >= 15 is 0 Å². The Morgan fingerprint density at radius 2 is 2.14 bits per heavy atom. The smallest absolute Gasteiger partial charge is 0.273 e. The summed E-state index contributed by atoms with van der Waals surface area (Å²) in [5.74, 6) is 0.832. The van der Waals surface area contributed by atoms with Gasteiger partial charge in [0.15, 0.2) is 0 Å². The minimum atomic E-state index is -3.59. The van der Waals surface area contributed by atoms with Crippen LogP contribution in [0.4, 0.5) is 0 Å². The van der Waals surface area contributed by atoms with Crippen LogP contribution in [-0.4, -0.2) is 33.7 Å². The normalized spacial score (nSPS) is 23.0.